The van der Waals surface area contributed by atoms with Crippen LogP contribution in [0.1, 0.15) is 25.0 Å². The minimum absolute atomic E-state index is 0.0362. The highest BCUT2D eigenvalue weighted by atomic mass is 16.5. The summed E-state index contributed by atoms with van der Waals surface area (Å²) in [6.45, 7) is 4.57. The first kappa shape index (κ1) is 17.9. The number of aromatic nitrogens is 1. The first-order valence-electron chi connectivity index (χ1n) is 7.60. The van der Waals surface area contributed by atoms with Crippen molar-refractivity contribution < 1.29 is 9.47 Å². The molecular weight excluding hydrogens is 320 g/mol. The first-order chi connectivity index (χ1) is 11.9. The Hall–Kier alpha value is -3.45. The van der Waals surface area contributed by atoms with Crippen molar-refractivity contribution in [3.8, 4) is 34.8 Å². The Morgan fingerprint density at radius 3 is 2.44 bits per heavy atom. The fourth-order valence-corrected chi connectivity index (χ4v) is 2.33. The van der Waals surface area contributed by atoms with Crippen LogP contribution in [0.2, 0.25) is 0 Å². The lowest BCUT2D eigenvalue weighted by Gasteiger charge is -2.15. The van der Waals surface area contributed by atoms with Gasteiger partial charge in [0.1, 0.15) is 29.1 Å². The summed E-state index contributed by atoms with van der Waals surface area (Å²) in [6, 6.07) is 8.73. The lowest BCUT2D eigenvalue weighted by atomic mass is 9.96. The summed E-state index contributed by atoms with van der Waals surface area (Å²) < 4.78 is 11.0. The lowest BCUT2D eigenvalue weighted by molar-refractivity contribution is 0.257. The highest BCUT2D eigenvalue weighted by molar-refractivity contribution is 5.81. The van der Waals surface area contributed by atoms with Crippen molar-refractivity contribution in [2.45, 2.75) is 13.8 Å². The van der Waals surface area contributed by atoms with Gasteiger partial charge in [0, 0.05) is 5.56 Å². The Morgan fingerprint density at radius 1 is 1.20 bits per heavy atom. The number of hydrogen-bond donors (Lipinski definition) is 2. The molecule has 7 nitrogen and oxygen atoms in total. The summed E-state index contributed by atoms with van der Waals surface area (Å²) in [4.78, 5) is 14.3. The molecule has 2 rings (SSSR count). The van der Waals surface area contributed by atoms with Crippen LogP contribution in [-0.2, 0) is 0 Å². The summed E-state index contributed by atoms with van der Waals surface area (Å²) in [6.07, 6.45) is 0. The van der Waals surface area contributed by atoms with Crippen LogP contribution in [0.5, 0.6) is 11.5 Å². The molecular formula is C18H18N4O3. The van der Waals surface area contributed by atoms with Crippen molar-refractivity contribution in [2.24, 2.45) is 5.92 Å². The van der Waals surface area contributed by atoms with Crippen molar-refractivity contribution >= 4 is 5.82 Å². The Balaban J connectivity index is 2.66. The van der Waals surface area contributed by atoms with Gasteiger partial charge in [0.05, 0.1) is 13.7 Å². The molecule has 0 aliphatic carbocycles. The topological polar surface area (TPSA) is 125 Å². The number of nitriles is 2. The van der Waals surface area contributed by atoms with Crippen molar-refractivity contribution in [3.05, 3.63) is 39.7 Å². The Kier molecular flexibility index (Phi) is 5.31. The van der Waals surface area contributed by atoms with Gasteiger partial charge >= 0.3 is 0 Å². The van der Waals surface area contributed by atoms with E-state index in [1.165, 1.54) is 7.11 Å². The molecule has 1 heterocycles. The smallest absolute Gasteiger partial charge is 0.268 e. The number of nitrogens with two attached hydrogens (primary N) is 1. The number of pyridine rings is 1. The molecule has 0 atom stereocenters. The Morgan fingerprint density at radius 2 is 1.88 bits per heavy atom. The van der Waals surface area contributed by atoms with Crippen LogP contribution in [0, 0.1) is 28.6 Å². The van der Waals surface area contributed by atoms with Crippen molar-refractivity contribution in [2.75, 3.05) is 19.5 Å². The van der Waals surface area contributed by atoms with Gasteiger partial charge in [0.25, 0.3) is 5.56 Å². The Bertz CT molecular complexity index is 933. The molecule has 0 radical (unpaired) electrons. The molecule has 0 saturated heterocycles. The standard InChI is InChI=1S/C18H18N4O3/c1-10(2)9-25-14-5-4-11(6-15(14)24-3)16-12(7-19)17(21)22-18(23)13(16)8-20/h4-6,10H,9H2,1-3H3,(H3,21,22,23). The predicted molar refractivity (Wildman–Crippen MR) is 93.2 cm³/mol. The van der Waals surface area contributed by atoms with Gasteiger partial charge in [-0.1, -0.05) is 19.9 Å². The number of hydrogen-bond acceptors (Lipinski definition) is 6. The van der Waals surface area contributed by atoms with Crippen LogP contribution in [0.3, 0.4) is 0 Å². The monoisotopic (exact) mass is 338 g/mol. The molecule has 0 amide bonds. The van der Waals surface area contributed by atoms with Gasteiger partial charge in [-0.25, -0.2) is 0 Å². The van der Waals surface area contributed by atoms with Crippen molar-refractivity contribution in [3.63, 3.8) is 0 Å². The van der Waals surface area contributed by atoms with Gasteiger partial charge in [-0.15, -0.1) is 0 Å². The molecule has 0 aliphatic heterocycles. The van der Waals surface area contributed by atoms with E-state index in [2.05, 4.69) is 4.98 Å². The third kappa shape index (κ3) is 3.56. The second-order valence-electron chi connectivity index (χ2n) is 5.79. The highest BCUT2D eigenvalue weighted by Crippen LogP contribution is 2.35. The normalized spacial score (nSPS) is 10.2. The van der Waals surface area contributed by atoms with E-state index < -0.39 is 5.56 Å². The summed E-state index contributed by atoms with van der Waals surface area (Å²) in [7, 11) is 1.49. The molecule has 128 valence electrons. The van der Waals surface area contributed by atoms with Gasteiger partial charge in [-0.2, -0.15) is 10.5 Å². The van der Waals surface area contributed by atoms with E-state index in [1.54, 1.807) is 18.2 Å². The van der Waals surface area contributed by atoms with Crippen LogP contribution < -0.4 is 20.8 Å². The molecule has 3 N–H and O–H groups in total. The van der Waals surface area contributed by atoms with Crippen LogP contribution in [-0.4, -0.2) is 18.7 Å². The van der Waals surface area contributed by atoms with E-state index >= 15 is 0 Å². The maximum Gasteiger partial charge on any atom is 0.268 e. The fraction of sp³-hybridized carbons (Fsp3) is 0.278. The van der Waals surface area contributed by atoms with E-state index in [1.807, 2.05) is 26.0 Å². The van der Waals surface area contributed by atoms with Crippen molar-refractivity contribution in [1.82, 2.24) is 4.98 Å². The zero-order chi connectivity index (χ0) is 18.6. The fourth-order valence-electron chi connectivity index (χ4n) is 2.33. The summed E-state index contributed by atoms with van der Waals surface area (Å²) in [5.41, 5.74) is 5.60. The van der Waals surface area contributed by atoms with E-state index in [4.69, 9.17) is 15.2 Å². The number of methoxy groups -OCH3 is 1. The minimum atomic E-state index is -0.645. The number of ether oxygens (including phenoxy) is 2. The van der Waals surface area contributed by atoms with E-state index in [0.717, 1.165) is 0 Å². The molecule has 0 fully saturated rings. The average molecular weight is 338 g/mol. The summed E-state index contributed by atoms with van der Waals surface area (Å²) >= 11 is 0. The molecule has 7 heteroatoms. The number of rotatable bonds is 5. The SMILES string of the molecule is COc1cc(-c2c(C#N)c(N)[nH]c(=O)c2C#N)ccc1OCC(C)C. The summed E-state index contributed by atoms with van der Waals surface area (Å²) in [5, 5.41) is 18.7. The maximum absolute atomic E-state index is 12.0. The van der Waals surface area contributed by atoms with Gasteiger partial charge in [0.2, 0.25) is 0 Å². The maximum atomic E-state index is 12.0. The number of nitrogens with zero attached hydrogens (tertiary/aromatic N) is 2. The van der Waals surface area contributed by atoms with Crippen LogP contribution in [0.4, 0.5) is 5.82 Å². The number of anilines is 1. The number of benzene rings is 1. The molecule has 0 unspecified atom stereocenters. The van der Waals surface area contributed by atoms with Gasteiger partial charge in [0.15, 0.2) is 11.5 Å². The lowest BCUT2D eigenvalue weighted by Crippen LogP contribution is -2.16. The van der Waals surface area contributed by atoms with Gasteiger partial charge in [-0.05, 0) is 23.6 Å². The third-order valence-electron chi connectivity index (χ3n) is 3.49. The molecule has 1 aromatic heterocycles. The Labute approximate surface area is 145 Å². The molecule has 0 bridgehead atoms. The van der Waals surface area contributed by atoms with Crippen LogP contribution in [0.25, 0.3) is 11.1 Å². The number of nitrogen functional groups attached to an aromatic ring is 1. The number of nitrogens with one attached hydrogen (secondary N) is 1. The second kappa shape index (κ2) is 7.41. The van der Waals surface area contributed by atoms with Gasteiger partial charge < -0.3 is 20.2 Å². The number of aromatic amines is 1. The quantitative estimate of drug-likeness (QED) is 0.862. The minimum Gasteiger partial charge on any atom is -0.493 e. The second-order valence-corrected chi connectivity index (χ2v) is 5.79. The first-order valence-corrected chi connectivity index (χ1v) is 7.60. The van der Waals surface area contributed by atoms with E-state index in [9.17, 15) is 15.3 Å². The zero-order valence-corrected chi connectivity index (χ0v) is 14.2. The van der Waals surface area contributed by atoms with Gasteiger partial charge in [-0.3, -0.25) is 4.79 Å². The van der Waals surface area contributed by atoms with E-state index in [0.29, 0.717) is 29.6 Å². The average Bonchev–Trinajstić information content (AvgIpc) is 2.59. The third-order valence-corrected chi connectivity index (χ3v) is 3.49. The molecule has 0 aliphatic rings. The molecule has 2 aromatic rings. The molecule has 1 aromatic carbocycles. The highest BCUT2D eigenvalue weighted by Gasteiger charge is 2.19. The van der Waals surface area contributed by atoms with E-state index in [-0.39, 0.29) is 22.5 Å². The molecule has 25 heavy (non-hydrogen) atoms. The largest absolute Gasteiger partial charge is 0.493 e. The van der Waals surface area contributed by atoms with Crippen LogP contribution in [0.15, 0.2) is 23.0 Å². The predicted octanol–water partition coefficient (Wildman–Crippen LogP) is 2.41. The molecule has 0 saturated carbocycles. The zero-order valence-electron chi connectivity index (χ0n) is 14.2. The molecule has 0 spiro atoms. The number of H-pyrrole nitrogens is 1. The van der Waals surface area contributed by atoms with Crippen LogP contribution >= 0.6 is 0 Å². The van der Waals surface area contributed by atoms with Crippen molar-refractivity contribution in [1.29, 1.82) is 10.5 Å². The summed E-state index contributed by atoms with van der Waals surface area (Å²) in [5.74, 6) is 1.23.